The Morgan fingerprint density at radius 2 is 1.81 bits per heavy atom. The highest BCUT2D eigenvalue weighted by Crippen LogP contribution is 2.33. The number of rotatable bonds is 9. The van der Waals surface area contributed by atoms with Crippen LogP contribution in [0.15, 0.2) is 22.7 Å². The van der Waals surface area contributed by atoms with E-state index in [4.69, 9.17) is 14.0 Å². The van der Waals surface area contributed by atoms with Gasteiger partial charge in [-0.2, -0.15) is 0 Å². The van der Waals surface area contributed by atoms with Crippen LogP contribution in [0.5, 0.6) is 11.5 Å². The Labute approximate surface area is 161 Å². The number of carbonyl (C=O) groups is 1. The molecule has 1 atom stereocenters. The van der Waals surface area contributed by atoms with E-state index in [1.165, 1.54) is 0 Å². The molecule has 1 unspecified atom stereocenters. The lowest BCUT2D eigenvalue weighted by Gasteiger charge is -2.24. The maximum absolute atomic E-state index is 12.9. The average molecular weight is 374 g/mol. The molecule has 1 heterocycles. The number of nitrogens with one attached hydrogen (secondary N) is 1. The van der Waals surface area contributed by atoms with Gasteiger partial charge in [0.05, 0.1) is 24.9 Å². The molecule has 148 valence electrons. The molecule has 0 aliphatic carbocycles. The van der Waals surface area contributed by atoms with Crippen molar-refractivity contribution in [3.05, 3.63) is 40.8 Å². The number of aromatic nitrogens is 1. The molecule has 6 heteroatoms. The molecule has 0 saturated carbocycles. The third-order valence-corrected chi connectivity index (χ3v) is 4.38. The van der Waals surface area contributed by atoms with Crippen molar-refractivity contribution in [1.29, 1.82) is 0 Å². The summed E-state index contributed by atoms with van der Waals surface area (Å²) in [6, 6.07) is 5.64. The van der Waals surface area contributed by atoms with Gasteiger partial charge in [-0.05, 0) is 50.8 Å². The zero-order chi connectivity index (χ0) is 20.0. The molecule has 1 aromatic carbocycles. The van der Waals surface area contributed by atoms with Crippen LogP contribution in [0, 0.1) is 12.8 Å². The number of hydrogen-bond donors (Lipinski definition) is 1. The molecule has 2 aromatic rings. The van der Waals surface area contributed by atoms with Gasteiger partial charge >= 0.3 is 0 Å². The molecule has 2 rings (SSSR count). The lowest BCUT2D eigenvalue weighted by molar-refractivity contribution is 0.0923. The van der Waals surface area contributed by atoms with E-state index in [1.807, 2.05) is 39.0 Å². The van der Waals surface area contributed by atoms with E-state index in [1.54, 1.807) is 6.92 Å². The van der Waals surface area contributed by atoms with Gasteiger partial charge in [-0.25, -0.2) is 0 Å². The number of aryl methyl sites for hydroxylation is 2. The first kappa shape index (κ1) is 20.8. The Hall–Kier alpha value is -2.50. The third kappa shape index (κ3) is 4.81. The van der Waals surface area contributed by atoms with Crippen molar-refractivity contribution in [3.8, 4) is 11.5 Å². The molecule has 27 heavy (non-hydrogen) atoms. The highest BCUT2D eigenvalue weighted by molar-refractivity contribution is 5.96. The summed E-state index contributed by atoms with van der Waals surface area (Å²) >= 11 is 0. The van der Waals surface area contributed by atoms with Gasteiger partial charge in [0.15, 0.2) is 11.5 Å². The summed E-state index contributed by atoms with van der Waals surface area (Å²) in [5, 5.41) is 7.11. The maximum atomic E-state index is 12.9. The lowest BCUT2D eigenvalue weighted by Crippen LogP contribution is -2.32. The Morgan fingerprint density at radius 1 is 1.15 bits per heavy atom. The number of nitrogens with zero attached hydrogens (tertiary/aromatic N) is 1. The average Bonchev–Trinajstić information content (AvgIpc) is 3.02. The van der Waals surface area contributed by atoms with Crippen molar-refractivity contribution in [3.63, 3.8) is 0 Å². The van der Waals surface area contributed by atoms with E-state index in [0.717, 1.165) is 5.56 Å². The Balaban J connectivity index is 2.33. The maximum Gasteiger partial charge on any atom is 0.257 e. The van der Waals surface area contributed by atoms with Crippen LogP contribution in [0.3, 0.4) is 0 Å². The second-order valence-corrected chi connectivity index (χ2v) is 6.68. The van der Waals surface area contributed by atoms with Crippen molar-refractivity contribution in [2.45, 2.75) is 54.0 Å². The molecule has 0 bridgehead atoms. The molecule has 1 amide bonds. The minimum absolute atomic E-state index is 0.170. The fraction of sp³-hybridized carbons (Fsp3) is 0.524. The van der Waals surface area contributed by atoms with E-state index < -0.39 is 0 Å². The molecule has 1 aromatic heterocycles. The van der Waals surface area contributed by atoms with E-state index in [2.05, 4.69) is 24.3 Å². The number of amides is 1. The van der Waals surface area contributed by atoms with Crippen molar-refractivity contribution in [2.75, 3.05) is 13.2 Å². The van der Waals surface area contributed by atoms with Crippen LogP contribution >= 0.6 is 0 Å². The Kier molecular flexibility index (Phi) is 7.28. The molecule has 0 fully saturated rings. The summed E-state index contributed by atoms with van der Waals surface area (Å²) in [4.78, 5) is 12.9. The minimum atomic E-state index is -0.175. The first-order valence-corrected chi connectivity index (χ1v) is 9.58. The van der Waals surface area contributed by atoms with Crippen molar-refractivity contribution < 1.29 is 18.8 Å². The monoisotopic (exact) mass is 374 g/mol. The first-order chi connectivity index (χ1) is 12.9. The van der Waals surface area contributed by atoms with Gasteiger partial charge in [0, 0.05) is 0 Å². The molecule has 0 aliphatic heterocycles. The van der Waals surface area contributed by atoms with Crippen LogP contribution in [0.2, 0.25) is 0 Å². The van der Waals surface area contributed by atoms with Gasteiger partial charge in [0.1, 0.15) is 11.3 Å². The summed E-state index contributed by atoms with van der Waals surface area (Å²) in [6.45, 7) is 12.8. The fourth-order valence-electron chi connectivity index (χ4n) is 3.06. The zero-order valence-electron chi connectivity index (χ0n) is 17.1. The smallest absolute Gasteiger partial charge is 0.257 e. The summed E-state index contributed by atoms with van der Waals surface area (Å²) < 4.78 is 16.6. The Morgan fingerprint density at radius 3 is 2.41 bits per heavy atom. The predicted molar refractivity (Wildman–Crippen MR) is 104 cm³/mol. The minimum Gasteiger partial charge on any atom is -0.490 e. The molecule has 0 aliphatic rings. The van der Waals surface area contributed by atoms with Crippen molar-refractivity contribution in [1.82, 2.24) is 10.5 Å². The molecule has 1 N–H and O–H groups in total. The molecular weight excluding hydrogens is 344 g/mol. The third-order valence-electron chi connectivity index (χ3n) is 4.38. The van der Waals surface area contributed by atoms with Gasteiger partial charge in [0.25, 0.3) is 5.91 Å². The highest BCUT2D eigenvalue weighted by atomic mass is 16.5. The van der Waals surface area contributed by atoms with Crippen LogP contribution < -0.4 is 14.8 Å². The quantitative estimate of drug-likeness (QED) is 0.701. The van der Waals surface area contributed by atoms with Gasteiger partial charge in [-0.15, -0.1) is 0 Å². The molecular formula is C21H30N2O4. The largest absolute Gasteiger partial charge is 0.490 e. The van der Waals surface area contributed by atoms with Crippen LogP contribution in [-0.2, 0) is 6.42 Å². The second kappa shape index (κ2) is 9.44. The van der Waals surface area contributed by atoms with E-state index in [9.17, 15) is 4.79 Å². The van der Waals surface area contributed by atoms with Gasteiger partial charge in [0.2, 0.25) is 0 Å². The molecule has 6 nitrogen and oxygen atoms in total. The van der Waals surface area contributed by atoms with Crippen molar-refractivity contribution >= 4 is 5.91 Å². The summed E-state index contributed by atoms with van der Waals surface area (Å²) in [5.74, 6) is 1.95. The van der Waals surface area contributed by atoms with Crippen LogP contribution in [0.25, 0.3) is 0 Å². The standard InChI is InChI=1S/C21H30N2O4/c1-7-16-19(14(6)27-23-16)21(24)22-20(13(4)5)15-10-11-17(25-8-2)18(12-15)26-9-3/h10-13,20H,7-9H2,1-6H3,(H,22,24). The number of hydrogen-bond acceptors (Lipinski definition) is 5. The topological polar surface area (TPSA) is 73.6 Å². The van der Waals surface area contributed by atoms with Crippen LogP contribution in [-0.4, -0.2) is 24.3 Å². The Bertz CT molecular complexity index is 768. The zero-order valence-corrected chi connectivity index (χ0v) is 17.1. The summed E-state index contributed by atoms with van der Waals surface area (Å²) in [5.41, 5.74) is 2.17. The SMILES string of the molecule is CCOc1ccc(C(NC(=O)c2c(CC)noc2C)C(C)C)cc1OCC. The molecule has 0 spiro atoms. The van der Waals surface area contributed by atoms with Crippen LogP contribution in [0.1, 0.15) is 68.0 Å². The summed E-state index contributed by atoms with van der Waals surface area (Å²) in [6.07, 6.45) is 0.643. The highest BCUT2D eigenvalue weighted by Gasteiger charge is 2.25. The van der Waals surface area contributed by atoms with E-state index in [0.29, 0.717) is 48.2 Å². The fourth-order valence-corrected chi connectivity index (χ4v) is 3.06. The van der Waals surface area contributed by atoms with E-state index >= 15 is 0 Å². The van der Waals surface area contributed by atoms with Crippen molar-refractivity contribution in [2.24, 2.45) is 5.92 Å². The second-order valence-electron chi connectivity index (χ2n) is 6.68. The van der Waals surface area contributed by atoms with Crippen LogP contribution in [0.4, 0.5) is 0 Å². The summed E-state index contributed by atoms with van der Waals surface area (Å²) in [7, 11) is 0. The normalized spacial score (nSPS) is 12.1. The first-order valence-electron chi connectivity index (χ1n) is 9.58. The number of carbonyl (C=O) groups excluding carboxylic acids is 1. The van der Waals surface area contributed by atoms with Gasteiger partial charge in [-0.1, -0.05) is 32.0 Å². The van der Waals surface area contributed by atoms with Gasteiger partial charge < -0.3 is 19.3 Å². The van der Waals surface area contributed by atoms with Gasteiger partial charge in [-0.3, -0.25) is 4.79 Å². The number of benzene rings is 1. The predicted octanol–water partition coefficient (Wildman–Crippen LogP) is 4.47. The molecule has 0 saturated heterocycles. The van der Waals surface area contributed by atoms with E-state index in [-0.39, 0.29) is 17.9 Å². The lowest BCUT2D eigenvalue weighted by atomic mass is 9.95. The molecule has 0 radical (unpaired) electrons. The number of ether oxygens (including phenoxy) is 2.